The van der Waals surface area contributed by atoms with Gasteiger partial charge < -0.3 is 40.3 Å². The van der Waals surface area contributed by atoms with Gasteiger partial charge in [0.1, 0.15) is 18.3 Å². The molecule has 6 N–H and O–H groups in total. The molecule has 0 aromatic heterocycles. The van der Waals surface area contributed by atoms with Crippen LogP contribution in [0.15, 0.2) is 15.0 Å². The number of carbonyl (C=O) groups is 1. The van der Waals surface area contributed by atoms with E-state index in [1.165, 1.54) is 0 Å². The Morgan fingerprint density at radius 1 is 1.12 bits per heavy atom. The number of aliphatic hydroxyl groups excluding tert-OH is 2. The van der Waals surface area contributed by atoms with E-state index < -0.39 is 72.5 Å². The predicted molar refractivity (Wildman–Crippen MR) is 94.2 cm³/mol. The van der Waals surface area contributed by atoms with Crippen LogP contribution in [0.2, 0.25) is 0 Å². The molecule has 24 heteroatoms. The van der Waals surface area contributed by atoms with Crippen LogP contribution in [-0.2, 0) is 36.4 Å². The smallest absolute Gasteiger partial charge is 0.756 e. The molecule has 8 atom stereocenters. The molecule has 3 heterocycles. The second-order valence-corrected chi connectivity index (χ2v) is 10.6. The van der Waals surface area contributed by atoms with E-state index in [4.69, 9.17) is 15.4 Å². The van der Waals surface area contributed by atoms with E-state index in [9.17, 15) is 43.4 Å². The van der Waals surface area contributed by atoms with E-state index >= 15 is 0 Å². The van der Waals surface area contributed by atoms with Gasteiger partial charge in [0.25, 0.3) is 21.6 Å². The number of phosphoric acid groups is 3. The zero-order valence-corrected chi connectivity index (χ0v) is 23.9. The summed E-state index contributed by atoms with van der Waals surface area (Å²) < 4.78 is 49.8. The fourth-order valence-corrected chi connectivity index (χ4v) is 5.70. The number of nitrogens with two attached hydrogens (primary N) is 1. The van der Waals surface area contributed by atoms with Gasteiger partial charge in [0, 0.05) is 0 Å². The molecule has 1 saturated heterocycles. The summed E-state index contributed by atoms with van der Waals surface area (Å²) in [5, 5.41) is 20.4. The van der Waals surface area contributed by atoms with Crippen LogP contribution in [0.1, 0.15) is 0 Å². The first-order valence-electron chi connectivity index (χ1n) is 8.13. The molecule has 19 nitrogen and oxygen atoms in total. The molecule has 0 radical (unpaired) electrons. The van der Waals surface area contributed by atoms with Crippen molar-refractivity contribution in [2.24, 2.45) is 20.7 Å². The summed E-state index contributed by atoms with van der Waals surface area (Å²) in [6, 6.07) is -1.16. The van der Waals surface area contributed by atoms with Crippen LogP contribution in [0.5, 0.6) is 0 Å². The number of carbonyl (C=O) groups excluding carboxylic acids is 1. The van der Waals surface area contributed by atoms with Crippen LogP contribution in [0, 0.1) is 0 Å². The van der Waals surface area contributed by atoms with Gasteiger partial charge in [-0.1, -0.05) is 0 Å². The molecule has 0 aromatic rings. The Bertz CT molecular complexity index is 1040. The van der Waals surface area contributed by atoms with Crippen molar-refractivity contribution in [2.75, 3.05) is 6.61 Å². The Labute approximate surface area is 234 Å². The monoisotopic (exact) mass is 567 g/mol. The van der Waals surface area contributed by atoms with Crippen molar-refractivity contribution in [3.63, 3.8) is 0 Å². The summed E-state index contributed by atoms with van der Waals surface area (Å²) in [6.07, 6.45) is -5.42. The van der Waals surface area contributed by atoms with Crippen molar-refractivity contribution in [1.29, 1.82) is 0 Å². The first-order chi connectivity index (χ1) is 14.6. The summed E-state index contributed by atoms with van der Waals surface area (Å²) in [5.41, 5.74) is 5.42. The van der Waals surface area contributed by atoms with Gasteiger partial charge in [-0.25, -0.2) is 13.2 Å². The normalized spacial score (nSPS) is 33.4. The maximum absolute atomic E-state index is 11.8. The maximum atomic E-state index is 11.8. The Hall–Kier alpha value is 0.570. The number of phosphoric ester groups is 1. The van der Waals surface area contributed by atoms with Crippen molar-refractivity contribution < 1.29 is 125 Å². The number of fused-ring (bicyclic) bond motifs is 1. The van der Waals surface area contributed by atoms with Gasteiger partial charge >= 0.3 is 66.9 Å². The third kappa shape index (κ3) is 8.03. The molecule has 1 fully saturated rings. The number of rotatable bonds is 8. The molecule has 0 saturated carbocycles. The summed E-state index contributed by atoms with van der Waals surface area (Å²) in [4.78, 5) is 63.4. The Morgan fingerprint density at radius 2 is 1.74 bits per heavy atom. The molecule has 3 aliphatic rings. The van der Waals surface area contributed by atoms with Gasteiger partial charge in [0.05, 0.1) is 12.9 Å². The SMILES string of the molecule is NC1=NC(=O)C2N=CN([C@H]3O[C@H](COP(=O)(O)OP(=O)([O-])OP(=O)([O-])O)[C@H](O)[C@@H]3O)C2=N1.[Na+].[Na+]. The first-order valence-corrected chi connectivity index (χ1v) is 12.6. The van der Waals surface area contributed by atoms with Gasteiger partial charge in [0.2, 0.25) is 5.96 Å². The summed E-state index contributed by atoms with van der Waals surface area (Å²) in [6.45, 7) is -1.06. The minimum atomic E-state index is -6.04. The second kappa shape index (κ2) is 12.0. The molecule has 0 aliphatic carbocycles. The summed E-state index contributed by atoms with van der Waals surface area (Å²) in [7, 11) is -17.5. The number of aliphatic hydroxyl groups is 2. The fourth-order valence-electron chi connectivity index (χ4n) is 2.77. The van der Waals surface area contributed by atoms with E-state index in [0.29, 0.717) is 0 Å². The number of amides is 1. The molecule has 0 bridgehead atoms. The van der Waals surface area contributed by atoms with Crippen LogP contribution >= 0.6 is 23.5 Å². The zero-order valence-electron chi connectivity index (χ0n) is 17.3. The Kier molecular flexibility index (Phi) is 11.5. The van der Waals surface area contributed by atoms with Crippen molar-refractivity contribution in [3.8, 4) is 0 Å². The molecular weight excluding hydrogens is 553 g/mol. The fraction of sp³-hybridized carbons (Fsp3) is 0.600. The minimum absolute atomic E-state index is 0. The molecule has 4 unspecified atom stereocenters. The number of hydrogen-bond acceptors (Lipinski definition) is 16. The van der Waals surface area contributed by atoms with Gasteiger partial charge in [-0.2, -0.15) is 9.98 Å². The van der Waals surface area contributed by atoms with E-state index in [1.54, 1.807) is 0 Å². The van der Waals surface area contributed by atoms with Gasteiger partial charge in [-0.05, 0) is 0 Å². The number of amidine groups is 1. The van der Waals surface area contributed by atoms with Crippen LogP contribution in [-0.4, -0.2) is 86.1 Å². The predicted octanol–water partition coefficient (Wildman–Crippen LogP) is -10.5. The minimum Gasteiger partial charge on any atom is -0.756 e. The average Bonchev–Trinajstić information content (AvgIpc) is 3.12. The van der Waals surface area contributed by atoms with E-state index in [1.807, 2.05) is 0 Å². The van der Waals surface area contributed by atoms with Crippen molar-refractivity contribution in [3.05, 3.63) is 0 Å². The van der Waals surface area contributed by atoms with Crippen LogP contribution in [0.25, 0.3) is 0 Å². The number of nitrogens with zero attached hydrogens (tertiary/aromatic N) is 4. The van der Waals surface area contributed by atoms with Gasteiger partial charge in [-0.3, -0.25) is 28.3 Å². The van der Waals surface area contributed by atoms with Crippen LogP contribution in [0.3, 0.4) is 0 Å². The zero-order chi connectivity index (χ0) is 24.1. The Balaban J connectivity index is 0.00000289. The van der Waals surface area contributed by atoms with E-state index in [-0.39, 0.29) is 65.0 Å². The van der Waals surface area contributed by atoms with Crippen molar-refractivity contribution in [2.45, 2.75) is 30.6 Å². The number of hydrogen-bond donors (Lipinski definition) is 5. The summed E-state index contributed by atoms with van der Waals surface area (Å²) in [5.74, 6) is -1.21. The first kappa shape index (κ1) is 32.6. The van der Waals surface area contributed by atoms with Gasteiger partial charge in [-0.15, -0.1) is 0 Å². The average molecular weight is 567 g/mol. The third-order valence-corrected chi connectivity index (χ3v) is 7.68. The topological polar surface area (TPSA) is 299 Å². The van der Waals surface area contributed by atoms with Crippen molar-refractivity contribution >= 4 is 47.5 Å². The standard InChI is InChI=1S/C10H16N5O14P3.2Na/c11-10-13-7-4(8(18)14-10)12-2-15(7)9-6(17)5(16)3(27-9)1-26-31(22,23)29-32(24,25)28-30(19,20)21;;/h2-6,9,16-17H,1H2,(H,22,23)(H,24,25)(H2,11,14,18)(H2,19,20,21);;/q;2*+1/p-2/t3-,4?,5+,6+,9+;;/m1../s1. The molecule has 0 spiro atoms. The molecule has 1 amide bonds. The van der Waals surface area contributed by atoms with E-state index in [2.05, 4.69) is 28.1 Å². The van der Waals surface area contributed by atoms with Gasteiger partial charge in [0.15, 0.2) is 18.1 Å². The van der Waals surface area contributed by atoms with Crippen LogP contribution < -0.4 is 74.6 Å². The molecule has 3 rings (SSSR count). The molecule has 34 heavy (non-hydrogen) atoms. The second-order valence-electron chi connectivity index (χ2n) is 6.24. The third-order valence-electron chi connectivity index (χ3n) is 3.96. The Morgan fingerprint density at radius 3 is 2.32 bits per heavy atom. The molecule has 3 aliphatic heterocycles. The molecule has 180 valence electrons. The largest absolute Gasteiger partial charge is 1.00 e. The van der Waals surface area contributed by atoms with E-state index in [0.717, 1.165) is 11.2 Å². The number of ether oxygens (including phenoxy) is 1. The number of aliphatic imine (C=N–C) groups is 3. The molecule has 0 aromatic carbocycles. The maximum Gasteiger partial charge on any atom is 1.00 e. The molecular formula is C10H14N5Na2O14P3. The summed E-state index contributed by atoms with van der Waals surface area (Å²) >= 11 is 0. The van der Waals surface area contributed by atoms with Crippen molar-refractivity contribution in [1.82, 2.24) is 4.90 Å². The number of guanidine groups is 1. The van der Waals surface area contributed by atoms with Crippen LogP contribution in [0.4, 0.5) is 0 Å². The quantitative estimate of drug-likeness (QED) is 0.134.